The topological polar surface area (TPSA) is 89.9 Å². The zero-order valence-electron chi connectivity index (χ0n) is 18.8. The molecule has 0 aromatic carbocycles. The summed E-state index contributed by atoms with van der Waals surface area (Å²) in [5.41, 5.74) is 4.33. The molecule has 0 saturated heterocycles. The van der Waals surface area contributed by atoms with Gasteiger partial charge in [-0.3, -0.25) is 4.79 Å². The van der Waals surface area contributed by atoms with Crippen LogP contribution in [0.25, 0.3) is 20.4 Å². The largest absolute Gasteiger partial charge is 0.370 e. The molecule has 0 radical (unpaired) electrons. The van der Waals surface area contributed by atoms with E-state index < -0.39 is 0 Å². The molecule has 0 atom stereocenters. The van der Waals surface area contributed by atoms with Gasteiger partial charge in [0.25, 0.3) is 0 Å². The lowest BCUT2D eigenvalue weighted by Gasteiger charge is -2.33. The van der Waals surface area contributed by atoms with Crippen LogP contribution in [-0.2, 0) is 29.0 Å². The SMILES string of the molecule is CCCc1nc2sc3c(SCC(=O)Nc4ccccn4)ncnc3c2c2c1COC(C)(C)C2. The Labute approximate surface area is 200 Å². The van der Waals surface area contributed by atoms with Gasteiger partial charge in [-0.25, -0.2) is 19.9 Å². The van der Waals surface area contributed by atoms with Crippen LogP contribution in [0.5, 0.6) is 0 Å². The molecule has 0 spiro atoms. The van der Waals surface area contributed by atoms with E-state index in [4.69, 9.17) is 9.72 Å². The molecule has 0 aliphatic carbocycles. The maximum atomic E-state index is 12.4. The smallest absolute Gasteiger partial charge is 0.235 e. The van der Waals surface area contributed by atoms with Crippen molar-refractivity contribution in [2.45, 2.75) is 57.3 Å². The van der Waals surface area contributed by atoms with Gasteiger partial charge in [-0.05, 0) is 38.0 Å². The molecule has 4 aromatic rings. The molecular formula is C24H25N5O2S2. The number of nitrogens with zero attached hydrogens (tertiary/aromatic N) is 4. The van der Waals surface area contributed by atoms with Gasteiger partial charge in [0.2, 0.25) is 5.91 Å². The van der Waals surface area contributed by atoms with Crippen LogP contribution in [0, 0.1) is 0 Å². The quantitative estimate of drug-likeness (QED) is 0.301. The highest BCUT2D eigenvalue weighted by atomic mass is 32.2. The first-order chi connectivity index (χ1) is 15.9. The van der Waals surface area contributed by atoms with Gasteiger partial charge in [0, 0.05) is 29.3 Å². The van der Waals surface area contributed by atoms with Crippen molar-refractivity contribution in [3.8, 4) is 0 Å². The summed E-state index contributed by atoms with van der Waals surface area (Å²) in [5.74, 6) is 0.665. The number of pyridine rings is 2. The van der Waals surface area contributed by atoms with Crippen molar-refractivity contribution in [2.24, 2.45) is 0 Å². The first-order valence-electron chi connectivity index (χ1n) is 11.0. The summed E-state index contributed by atoms with van der Waals surface area (Å²) in [4.78, 5) is 31.7. The normalized spacial score (nSPS) is 15.0. The molecule has 5 heterocycles. The first-order valence-corrected chi connectivity index (χ1v) is 12.8. The minimum absolute atomic E-state index is 0.119. The average Bonchev–Trinajstić information content (AvgIpc) is 3.17. The van der Waals surface area contributed by atoms with E-state index >= 15 is 0 Å². The van der Waals surface area contributed by atoms with Crippen LogP contribution in [0.3, 0.4) is 0 Å². The van der Waals surface area contributed by atoms with Crippen molar-refractivity contribution in [1.82, 2.24) is 19.9 Å². The van der Waals surface area contributed by atoms with Crippen molar-refractivity contribution in [3.05, 3.63) is 47.5 Å². The molecular weight excluding hydrogens is 454 g/mol. The number of nitrogens with one attached hydrogen (secondary N) is 1. The van der Waals surface area contributed by atoms with E-state index in [1.165, 1.54) is 22.9 Å². The summed E-state index contributed by atoms with van der Waals surface area (Å²) in [6.45, 7) is 7.02. The average molecular weight is 480 g/mol. The summed E-state index contributed by atoms with van der Waals surface area (Å²) < 4.78 is 7.11. The minimum Gasteiger partial charge on any atom is -0.370 e. The number of ether oxygens (including phenoxy) is 1. The first kappa shape index (κ1) is 22.2. The molecule has 9 heteroatoms. The van der Waals surface area contributed by atoms with Gasteiger partial charge < -0.3 is 10.1 Å². The third-order valence-electron chi connectivity index (χ3n) is 5.64. The molecule has 0 bridgehead atoms. The molecule has 33 heavy (non-hydrogen) atoms. The number of carbonyl (C=O) groups is 1. The molecule has 4 aromatic heterocycles. The van der Waals surface area contributed by atoms with Crippen LogP contribution in [0.15, 0.2) is 35.7 Å². The highest BCUT2D eigenvalue weighted by Gasteiger charge is 2.31. The second-order valence-electron chi connectivity index (χ2n) is 8.68. The summed E-state index contributed by atoms with van der Waals surface area (Å²) in [6.07, 6.45) is 6.02. The Balaban J connectivity index is 1.52. The highest BCUT2D eigenvalue weighted by Crippen LogP contribution is 2.42. The Morgan fingerprint density at radius 1 is 1.24 bits per heavy atom. The molecule has 0 unspecified atom stereocenters. The Bertz CT molecular complexity index is 1340. The molecule has 0 saturated carbocycles. The van der Waals surface area contributed by atoms with Crippen LogP contribution in [-0.4, -0.2) is 37.2 Å². The number of rotatable bonds is 6. The fourth-order valence-corrected chi connectivity index (χ4v) is 6.20. The number of fused-ring (bicyclic) bond motifs is 5. The van der Waals surface area contributed by atoms with Gasteiger partial charge in [-0.2, -0.15) is 0 Å². The van der Waals surface area contributed by atoms with Crippen molar-refractivity contribution in [3.63, 3.8) is 0 Å². The zero-order valence-corrected chi connectivity index (χ0v) is 20.5. The number of thioether (sulfide) groups is 1. The monoisotopic (exact) mass is 479 g/mol. The van der Waals surface area contributed by atoms with Gasteiger partial charge in [0.1, 0.15) is 22.0 Å². The lowest BCUT2D eigenvalue weighted by atomic mass is 9.88. The van der Waals surface area contributed by atoms with Crippen molar-refractivity contribution >= 4 is 55.3 Å². The van der Waals surface area contributed by atoms with Crippen LogP contribution < -0.4 is 5.32 Å². The van der Waals surface area contributed by atoms with E-state index in [1.807, 2.05) is 12.1 Å². The summed E-state index contributed by atoms with van der Waals surface area (Å²) >= 11 is 3.03. The molecule has 1 amide bonds. The number of aryl methyl sites for hydroxylation is 1. The Hall–Kier alpha value is -2.62. The third kappa shape index (κ3) is 4.45. The molecule has 0 fully saturated rings. The molecule has 170 valence electrons. The summed E-state index contributed by atoms with van der Waals surface area (Å²) in [6, 6.07) is 5.43. The highest BCUT2D eigenvalue weighted by molar-refractivity contribution is 8.00. The number of amides is 1. The van der Waals surface area contributed by atoms with Gasteiger partial charge >= 0.3 is 0 Å². The number of hydrogen-bond donors (Lipinski definition) is 1. The van der Waals surface area contributed by atoms with E-state index in [2.05, 4.69) is 41.0 Å². The number of hydrogen-bond acceptors (Lipinski definition) is 8. The zero-order chi connectivity index (χ0) is 23.0. The third-order valence-corrected chi connectivity index (χ3v) is 7.84. The number of thiophene rings is 1. The molecule has 5 rings (SSSR count). The van der Waals surface area contributed by atoms with Crippen LogP contribution >= 0.6 is 23.1 Å². The minimum atomic E-state index is -0.229. The van der Waals surface area contributed by atoms with Crippen LogP contribution in [0.2, 0.25) is 0 Å². The van der Waals surface area contributed by atoms with Gasteiger partial charge in [-0.1, -0.05) is 31.2 Å². The van der Waals surface area contributed by atoms with Crippen LogP contribution in [0.1, 0.15) is 44.0 Å². The number of carbonyl (C=O) groups excluding carboxylic acids is 1. The van der Waals surface area contributed by atoms with E-state index in [1.54, 1.807) is 29.9 Å². The van der Waals surface area contributed by atoms with E-state index in [0.29, 0.717) is 12.4 Å². The standard InChI is InChI=1S/C24H25N5O2S2/c1-4-7-16-15-11-31-24(2,3)10-14(15)19-20-21(33-22(19)28-16)23(27-13-26-20)32-12-18(30)29-17-8-5-6-9-25-17/h5-6,8-9,13H,4,7,10-12H2,1-3H3,(H,25,29,30). The maximum Gasteiger partial charge on any atom is 0.235 e. The van der Waals surface area contributed by atoms with Crippen molar-refractivity contribution < 1.29 is 9.53 Å². The summed E-state index contributed by atoms with van der Waals surface area (Å²) in [7, 11) is 0. The van der Waals surface area contributed by atoms with E-state index in [-0.39, 0.29) is 17.3 Å². The summed E-state index contributed by atoms with van der Waals surface area (Å²) in [5, 5.41) is 4.74. The fraction of sp³-hybridized carbons (Fsp3) is 0.375. The van der Waals surface area contributed by atoms with Crippen LogP contribution in [0.4, 0.5) is 5.82 Å². The molecule has 1 aliphatic heterocycles. The lowest BCUT2D eigenvalue weighted by molar-refractivity contribution is -0.113. The maximum absolute atomic E-state index is 12.4. The predicted octanol–water partition coefficient (Wildman–Crippen LogP) is 5.17. The predicted molar refractivity (Wildman–Crippen MR) is 133 cm³/mol. The molecule has 1 N–H and O–H groups in total. The molecule has 1 aliphatic rings. The van der Waals surface area contributed by atoms with Gasteiger partial charge in [-0.15, -0.1) is 11.3 Å². The Kier molecular flexibility index (Phi) is 6.03. The van der Waals surface area contributed by atoms with Crippen molar-refractivity contribution in [2.75, 3.05) is 11.1 Å². The number of anilines is 1. The second-order valence-corrected chi connectivity index (χ2v) is 10.6. The fourth-order valence-electron chi connectivity index (χ4n) is 4.15. The Morgan fingerprint density at radius 3 is 2.91 bits per heavy atom. The number of aromatic nitrogens is 4. The van der Waals surface area contributed by atoms with Crippen molar-refractivity contribution in [1.29, 1.82) is 0 Å². The van der Waals surface area contributed by atoms with E-state index in [9.17, 15) is 4.79 Å². The van der Waals surface area contributed by atoms with E-state index in [0.717, 1.165) is 50.4 Å². The second kappa shape index (κ2) is 8.96. The van der Waals surface area contributed by atoms with Gasteiger partial charge in [0.15, 0.2) is 0 Å². The van der Waals surface area contributed by atoms with Gasteiger partial charge in [0.05, 0.1) is 28.2 Å². The molecule has 7 nitrogen and oxygen atoms in total. The lowest BCUT2D eigenvalue weighted by Crippen LogP contribution is -2.32. The Morgan fingerprint density at radius 2 is 2.12 bits per heavy atom.